The Hall–Kier alpha value is -3.29. The van der Waals surface area contributed by atoms with Gasteiger partial charge in [0.25, 0.3) is 11.8 Å². The Morgan fingerprint density at radius 3 is 2.61 bits per heavy atom. The average Bonchev–Trinajstić information content (AvgIpc) is 3.27. The summed E-state index contributed by atoms with van der Waals surface area (Å²) in [5.74, 6) is 0.0619. The summed E-state index contributed by atoms with van der Waals surface area (Å²) in [6.07, 6.45) is 7.49. The van der Waals surface area contributed by atoms with Crippen molar-refractivity contribution in [3.63, 3.8) is 0 Å². The van der Waals surface area contributed by atoms with Crippen molar-refractivity contribution in [3.8, 4) is 0 Å². The number of fused-ring (bicyclic) bond motifs is 1. The first kappa shape index (κ1) is 21.6. The number of nitrogens with zero attached hydrogens (tertiary/aromatic N) is 4. The molecule has 1 aromatic carbocycles. The normalized spacial score (nSPS) is 19.2. The number of aryl methyl sites for hydroxylation is 1. The molecule has 172 valence electrons. The highest BCUT2D eigenvalue weighted by Gasteiger charge is 2.32. The lowest BCUT2D eigenvalue weighted by Crippen LogP contribution is -2.40. The third-order valence-electron chi connectivity index (χ3n) is 6.75. The molecule has 4 heterocycles. The first-order chi connectivity index (χ1) is 16.0. The Kier molecular flexibility index (Phi) is 5.83. The number of aromatic nitrogens is 3. The van der Waals surface area contributed by atoms with E-state index >= 15 is 0 Å². The second-order valence-corrected chi connectivity index (χ2v) is 9.00. The van der Waals surface area contributed by atoms with Gasteiger partial charge in [-0.05, 0) is 69.7 Å². The van der Waals surface area contributed by atoms with Crippen LogP contribution in [0.1, 0.15) is 76.9 Å². The summed E-state index contributed by atoms with van der Waals surface area (Å²) in [7, 11) is 0. The van der Waals surface area contributed by atoms with Gasteiger partial charge >= 0.3 is 0 Å². The topological polar surface area (TPSA) is 82.2 Å². The third kappa shape index (κ3) is 4.21. The summed E-state index contributed by atoms with van der Waals surface area (Å²) in [6.45, 7) is 3.99. The first-order valence-corrected chi connectivity index (χ1v) is 11.7. The molecule has 1 atom stereocenters. The fourth-order valence-electron chi connectivity index (χ4n) is 4.94. The molecule has 2 amide bonds. The van der Waals surface area contributed by atoms with Crippen LogP contribution in [0.4, 0.5) is 4.39 Å². The van der Waals surface area contributed by atoms with E-state index in [9.17, 15) is 14.0 Å². The summed E-state index contributed by atoms with van der Waals surface area (Å²) in [6, 6.07) is 5.94. The van der Waals surface area contributed by atoms with Crippen LogP contribution in [0.25, 0.3) is 10.9 Å². The predicted octanol–water partition coefficient (Wildman–Crippen LogP) is 4.40. The van der Waals surface area contributed by atoms with E-state index in [0.717, 1.165) is 57.0 Å². The number of H-pyrrole nitrogens is 1. The molecule has 0 spiro atoms. The van der Waals surface area contributed by atoms with Gasteiger partial charge in [0.1, 0.15) is 11.5 Å². The zero-order valence-electron chi connectivity index (χ0n) is 18.8. The molecule has 0 bridgehead atoms. The molecule has 2 aromatic heterocycles. The van der Waals surface area contributed by atoms with E-state index in [4.69, 9.17) is 0 Å². The number of aromatic amines is 1. The molecule has 2 saturated heterocycles. The van der Waals surface area contributed by atoms with Gasteiger partial charge in [-0.2, -0.15) is 0 Å². The molecule has 2 aliphatic rings. The fourth-order valence-corrected chi connectivity index (χ4v) is 4.94. The van der Waals surface area contributed by atoms with E-state index in [0.29, 0.717) is 34.8 Å². The van der Waals surface area contributed by atoms with Crippen molar-refractivity contribution in [3.05, 3.63) is 59.1 Å². The van der Waals surface area contributed by atoms with Gasteiger partial charge in [-0.25, -0.2) is 14.4 Å². The first-order valence-electron chi connectivity index (χ1n) is 11.7. The molecule has 8 heteroatoms. The van der Waals surface area contributed by atoms with Gasteiger partial charge in [0.2, 0.25) is 0 Å². The molecule has 33 heavy (non-hydrogen) atoms. The minimum Gasteiger partial charge on any atom is -0.350 e. The van der Waals surface area contributed by atoms with Crippen molar-refractivity contribution in [2.45, 2.75) is 51.5 Å². The van der Waals surface area contributed by atoms with Crippen molar-refractivity contribution >= 4 is 22.7 Å². The standard InChI is InChI=1S/C25H28FN5O2/c1-16-19(24(32)30-10-4-2-5-11-30)15-27-23(28-16)22-7-3-6-12-31(22)25(33)21-13-17-8-9-18(26)14-20(17)29-21/h8-9,13-15,22,29H,2-7,10-12H2,1H3. The minimum atomic E-state index is -0.345. The molecule has 5 rings (SSSR count). The predicted molar refractivity (Wildman–Crippen MR) is 122 cm³/mol. The number of hydrogen-bond donors (Lipinski definition) is 1. The monoisotopic (exact) mass is 449 g/mol. The van der Waals surface area contributed by atoms with Crippen molar-refractivity contribution in [2.75, 3.05) is 19.6 Å². The van der Waals surface area contributed by atoms with Gasteiger partial charge in [-0.15, -0.1) is 0 Å². The summed E-state index contributed by atoms with van der Waals surface area (Å²) < 4.78 is 13.6. The lowest BCUT2D eigenvalue weighted by Gasteiger charge is -2.34. The van der Waals surface area contributed by atoms with E-state index in [1.54, 1.807) is 23.2 Å². The van der Waals surface area contributed by atoms with Crippen LogP contribution >= 0.6 is 0 Å². The van der Waals surface area contributed by atoms with Gasteiger partial charge in [0.15, 0.2) is 5.82 Å². The Labute approximate surface area is 192 Å². The van der Waals surface area contributed by atoms with Crippen molar-refractivity contribution < 1.29 is 14.0 Å². The Balaban J connectivity index is 1.40. The lowest BCUT2D eigenvalue weighted by molar-refractivity contribution is 0.0592. The molecule has 0 radical (unpaired) electrons. The van der Waals surface area contributed by atoms with Crippen LogP contribution in [0.2, 0.25) is 0 Å². The second-order valence-electron chi connectivity index (χ2n) is 9.00. The number of nitrogens with one attached hydrogen (secondary N) is 1. The van der Waals surface area contributed by atoms with Crippen LogP contribution in [-0.4, -0.2) is 56.2 Å². The Morgan fingerprint density at radius 2 is 1.82 bits per heavy atom. The van der Waals surface area contributed by atoms with Gasteiger partial charge in [0, 0.05) is 36.7 Å². The van der Waals surface area contributed by atoms with Gasteiger partial charge < -0.3 is 14.8 Å². The molecule has 3 aromatic rings. The number of carbonyl (C=O) groups excluding carboxylic acids is 2. The largest absolute Gasteiger partial charge is 0.350 e. The molecule has 1 unspecified atom stereocenters. The van der Waals surface area contributed by atoms with Crippen molar-refractivity contribution in [2.24, 2.45) is 0 Å². The summed E-state index contributed by atoms with van der Waals surface area (Å²) in [4.78, 5) is 42.3. The molecular weight excluding hydrogens is 421 g/mol. The van der Waals surface area contributed by atoms with Gasteiger partial charge in [0.05, 0.1) is 17.3 Å². The number of piperidine rings is 2. The molecule has 1 N–H and O–H groups in total. The fraction of sp³-hybridized carbons (Fsp3) is 0.440. The van der Waals surface area contributed by atoms with Gasteiger partial charge in [-0.3, -0.25) is 9.59 Å². The number of likely N-dealkylation sites (tertiary alicyclic amines) is 2. The lowest BCUT2D eigenvalue weighted by atomic mass is 10.0. The number of amides is 2. The van der Waals surface area contributed by atoms with Crippen molar-refractivity contribution in [1.82, 2.24) is 24.8 Å². The molecule has 2 aliphatic heterocycles. The van der Waals surface area contributed by atoms with E-state index in [1.807, 2.05) is 11.8 Å². The van der Waals surface area contributed by atoms with Gasteiger partial charge in [-0.1, -0.05) is 0 Å². The number of carbonyl (C=O) groups is 2. The molecule has 0 saturated carbocycles. The smallest absolute Gasteiger partial charge is 0.270 e. The Morgan fingerprint density at radius 1 is 1.03 bits per heavy atom. The number of benzene rings is 1. The average molecular weight is 450 g/mol. The molecule has 7 nitrogen and oxygen atoms in total. The highest BCUT2D eigenvalue weighted by atomic mass is 19.1. The SMILES string of the molecule is Cc1nc(C2CCCCN2C(=O)c2cc3ccc(F)cc3[nH]2)ncc1C(=O)N1CCCCC1. The molecular formula is C25H28FN5O2. The highest BCUT2D eigenvalue weighted by Crippen LogP contribution is 2.31. The number of halogens is 1. The van der Waals surface area contributed by atoms with Crippen molar-refractivity contribution in [1.29, 1.82) is 0 Å². The summed E-state index contributed by atoms with van der Waals surface area (Å²) >= 11 is 0. The van der Waals surface area contributed by atoms with Crippen LogP contribution in [-0.2, 0) is 0 Å². The van der Waals surface area contributed by atoms with Crippen LogP contribution in [0.15, 0.2) is 30.5 Å². The Bertz CT molecular complexity index is 1200. The van der Waals surface area contributed by atoms with Crippen LogP contribution in [0, 0.1) is 12.7 Å². The number of rotatable bonds is 3. The summed E-state index contributed by atoms with van der Waals surface area (Å²) in [5, 5.41) is 0.793. The summed E-state index contributed by atoms with van der Waals surface area (Å²) in [5.41, 5.74) is 2.21. The van der Waals surface area contributed by atoms with Crippen LogP contribution in [0.3, 0.4) is 0 Å². The van der Waals surface area contributed by atoms with E-state index in [1.165, 1.54) is 12.1 Å². The van der Waals surface area contributed by atoms with Crippen LogP contribution in [0.5, 0.6) is 0 Å². The quantitative estimate of drug-likeness (QED) is 0.643. The molecule has 2 fully saturated rings. The van der Waals surface area contributed by atoms with E-state index < -0.39 is 0 Å². The maximum Gasteiger partial charge on any atom is 0.270 e. The second kappa shape index (κ2) is 8.92. The van der Waals surface area contributed by atoms with E-state index in [-0.39, 0.29) is 23.7 Å². The van der Waals surface area contributed by atoms with E-state index in [2.05, 4.69) is 15.0 Å². The zero-order valence-corrected chi connectivity index (χ0v) is 18.8. The highest BCUT2D eigenvalue weighted by molar-refractivity contribution is 5.98. The number of hydrogen-bond acceptors (Lipinski definition) is 4. The van der Waals surface area contributed by atoms with Crippen LogP contribution < -0.4 is 0 Å². The third-order valence-corrected chi connectivity index (χ3v) is 6.75. The maximum atomic E-state index is 13.6. The minimum absolute atomic E-state index is 0.0133. The molecule has 0 aliphatic carbocycles. The zero-order chi connectivity index (χ0) is 22.9. The maximum absolute atomic E-state index is 13.6.